The van der Waals surface area contributed by atoms with E-state index in [1.54, 1.807) is 0 Å². The minimum atomic E-state index is -0.401. The molecule has 5 heteroatoms. The van der Waals surface area contributed by atoms with Crippen molar-refractivity contribution in [2.45, 2.75) is 30.3 Å². The number of benzene rings is 2. The average molecular weight is 397 g/mol. The number of aryl methyl sites for hydroxylation is 1. The van der Waals surface area contributed by atoms with Crippen LogP contribution in [0.25, 0.3) is 10.8 Å². The lowest BCUT2D eigenvalue weighted by atomic mass is 9.94. The lowest BCUT2D eigenvalue weighted by Crippen LogP contribution is -2.21. The monoisotopic (exact) mass is 396 g/mol. The highest BCUT2D eigenvalue weighted by molar-refractivity contribution is 8.20. The van der Waals surface area contributed by atoms with E-state index in [0.717, 1.165) is 52.9 Å². The highest BCUT2D eigenvalue weighted by Gasteiger charge is 2.45. The Morgan fingerprint density at radius 1 is 1.11 bits per heavy atom. The second-order valence-electron chi connectivity index (χ2n) is 7.02. The van der Waals surface area contributed by atoms with Gasteiger partial charge in [0.05, 0.1) is 4.08 Å². The van der Waals surface area contributed by atoms with Gasteiger partial charge in [-0.25, -0.2) is 4.79 Å². The first-order valence-electron chi connectivity index (χ1n) is 9.28. The topological polar surface area (TPSA) is 39.4 Å². The van der Waals surface area contributed by atoms with Gasteiger partial charge < -0.3 is 9.15 Å². The Bertz CT molecular complexity index is 1030. The number of ether oxygens (including phenoxy) is 1. The molecule has 0 radical (unpaired) electrons. The molecule has 138 valence electrons. The van der Waals surface area contributed by atoms with E-state index < -0.39 is 5.97 Å². The van der Waals surface area contributed by atoms with Crippen molar-refractivity contribution in [3.8, 4) is 5.75 Å². The molecule has 0 atom stereocenters. The number of furan rings is 1. The number of fused-ring (bicyclic) bond motifs is 3. The van der Waals surface area contributed by atoms with Crippen molar-refractivity contribution >= 4 is 40.3 Å². The molecule has 27 heavy (non-hydrogen) atoms. The lowest BCUT2D eigenvalue weighted by molar-refractivity contribution is 0.0700. The van der Waals surface area contributed by atoms with Gasteiger partial charge in [-0.2, -0.15) is 0 Å². The van der Waals surface area contributed by atoms with E-state index in [9.17, 15) is 4.79 Å². The van der Waals surface area contributed by atoms with Crippen LogP contribution in [0.1, 0.15) is 40.3 Å². The Kier molecular flexibility index (Phi) is 4.25. The van der Waals surface area contributed by atoms with Crippen LogP contribution in [0.2, 0.25) is 0 Å². The molecule has 1 aromatic heterocycles. The van der Waals surface area contributed by atoms with Crippen LogP contribution in [0.3, 0.4) is 0 Å². The molecule has 3 aromatic rings. The van der Waals surface area contributed by atoms with Crippen LogP contribution in [-0.2, 0) is 10.5 Å². The third-order valence-electron chi connectivity index (χ3n) is 5.40. The molecule has 0 amide bonds. The predicted molar refractivity (Wildman–Crippen MR) is 112 cm³/mol. The maximum Gasteiger partial charge on any atom is 0.379 e. The summed E-state index contributed by atoms with van der Waals surface area (Å²) in [5, 5.41) is 1.98. The number of thioether (sulfide) groups is 2. The van der Waals surface area contributed by atoms with Crippen molar-refractivity contribution in [3.63, 3.8) is 0 Å². The van der Waals surface area contributed by atoms with Gasteiger partial charge in [0.1, 0.15) is 11.5 Å². The normalized spacial score (nSPS) is 18.0. The maximum atomic E-state index is 13.0. The van der Waals surface area contributed by atoms with Gasteiger partial charge in [0.15, 0.2) is 0 Å². The number of carbonyl (C=O) groups excluding carboxylic acids is 1. The average Bonchev–Trinajstić information content (AvgIpc) is 3.28. The number of carbonyl (C=O) groups is 1. The van der Waals surface area contributed by atoms with Crippen molar-refractivity contribution in [3.05, 3.63) is 65.1 Å². The quantitative estimate of drug-likeness (QED) is 0.397. The minimum absolute atomic E-state index is 0.0686. The minimum Gasteiger partial charge on any atom is -0.453 e. The third-order valence-corrected chi connectivity index (χ3v) is 8.93. The van der Waals surface area contributed by atoms with Gasteiger partial charge in [-0.3, -0.25) is 0 Å². The van der Waals surface area contributed by atoms with Crippen LogP contribution >= 0.6 is 23.5 Å². The third kappa shape index (κ3) is 2.79. The fraction of sp³-hybridized carbons (Fsp3) is 0.318. The molecular formula is C22H20O3S2. The Balaban J connectivity index is 1.52. The van der Waals surface area contributed by atoms with Gasteiger partial charge in [0.2, 0.25) is 5.76 Å². The summed E-state index contributed by atoms with van der Waals surface area (Å²) in [5.74, 6) is 3.83. The molecule has 1 aliphatic carbocycles. The molecule has 5 rings (SSSR count). The van der Waals surface area contributed by atoms with E-state index in [2.05, 4.69) is 0 Å². The summed E-state index contributed by atoms with van der Waals surface area (Å²) in [7, 11) is 0. The Morgan fingerprint density at radius 3 is 2.74 bits per heavy atom. The summed E-state index contributed by atoms with van der Waals surface area (Å²) in [6.07, 6.45) is 3.16. The summed E-state index contributed by atoms with van der Waals surface area (Å²) >= 11 is 4.01. The molecular weight excluding hydrogens is 376 g/mol. The first kappa shape index (κ1) is 17.3. The molecule has 1 fully saturated rings. The van der Waals surface area contributed by atoms with Gasteiger partial charge in [-0.05, 0) is 31.2 Å². The molecule has 1 spiro atoms. The Hall–Kier alpha value is -1.85. The van der Waals surface area contributed by atoms with Gasteiger partial charge >= 0.3 is 5.97 Å². The zero-order valence-electron chi connectivity index (χ0n) is 15.1. The molecule has 1 saturated heterocycles. The van der Waals surface area contributed by atoms with Crippen molar-refractivity contribution in [2.24, 2.45) is 0 Å². The lowest BCUT2D eigenvalue weighted by Gasteiger charge is -2.31. The van der Waals surface area contributed by atoms with Crippen LogP contribution in [0.4, 0.5) is 0 Å². The van der Waals surface area contributed by atoms with E-state index in [4.69, 9.17) is 9.15 Å². The fourth-order valence-corrected chi connectivity index (χ4v) is 7.78. The molecule has 2 heterocycles. The van der Waals surface area contributed by atoms with Gasteiger partial charge in [-0.15, -0.1) is 23.5 Å². The molecule has 0 N–H and O–H groups in total. The second kappa shape index (κ2) is 6.64. The number of esters is 1. The van der Waals surface area contributed by atoms with Crippen LogP contribution in [0, 0.1) is 6.92 Å². The first-order chi connectivity index (χ1) is 13.2. The standard InChI is InChI=1S/C22H20O3S2/c1-14-19-18(10-5-11-22(19)26-12-13-27-22)24-20(14)21(23)25-17-9-4-7-15-6-2-3-8-16(15)17/h2-4,6-9H,5,10-13H2,1H3. The van der Waals surface area contributed by atoms with E-state index >= 15 is 0 Å². The highest BCUT2D eigenvalue weighted by atomic mass is 32.2. The van der Waals surface area contributed by atoms with E-state index in [1.807, 2.05) is 72.9 Å². The van der Waals surface area contributed by atoms with Gasteiger partial charge in [0, 0.05) is 34.4 Å². The Labute approximate surface area is 166 Å². The summed E-state index contributed by atoms with van der Waals surface area (Å²) in [6.45, 7) is 2.01. The highest BCUT2D eigenvalue weighted by Crippen LogP contribution is 2.59. The predicted octanol–water partition coefficient (Wildman–Crippen LogP) is 5.93. The SMILES string of the molecule is Cc1c(C(=O)Oc2cccc3ccccc23)oc2c1C1(CCC2)SCCS1. The van der Waals surface area contributed by atoms with E-state index in [1.165, 1.54) is 5.56 Å². The molecule has 0 unspecified atom stereocenters. The second-order valence-corrected chi connectivity index (χ2v) is 10.1. The zero-order valence-corrected chi connectivity index (χ0v) is 16.8. The van der Waals surface area contributed by atoms with Crippen LogP contribution in [0.5, 0.6) is 5.75 Å². The van der Waals surface area contributed by atoms with Crippen LogP contribution in [0.15, 0.2) is 46.9 Å². The Morgan fingerprint density at radius 2 is 1.89 bits per heavy atom. The molecule has 0 bridgehead atoms. The molecule has 3 nitrogen and oxygen atoms in total. The van der Waals surface area contributed by atoms with Crippen molar-refractivity contribution in [2.75, 3.05) is 11.5 Å². The van der Waals surface area contributed by atoms with Gasteiger partial charge in [0.25, 0.3) is 0 Å². The molecule has 1 aliphatic heterocycles. The fourth-order valence-electron chi connectivity index (χ4n) is 4.22. The number of rotatable bonds is 2. The summed E-state index contributed by atoms with van der Waals surface area (Å²) in [6, 6.07) is 13.7. The van der Waals surface area contributed by atoms with Crippen LogP contribution in [-0.4, -0.2) is 17.5 Å². The van der Waals surface area contributed by atoms with Crippen molar-refractivity contribution < 1.29 is 13.9 Å². The summed E-state index contributed by atoms with van der Waals surface area (Å²) in [5.41, 5.74) is 2.20. The largest absolute Gasteiger partial charge is 0.453 e. The molecule has 2 aliphatic rings. The van der Waals surface area contributed by atoms with Crippen molar-refractivity contribution in [1.82, 2.24) is 0 Å². The number of hydrogen-bond donors (Lipinski definition) is 0. The number of hydrogen-bond acceptors (Lipinski definition) is 5. The van der Waals surface area contributed by atoms with E-state index in [0.29, 0.717) is 11.5 Å². The van der Waals surface area contributed by atoms with Crippen LogP contribution < -0.4 is 4.74 Å². The van der Waals surface area contributed by atoms with Crippen molar-refractivity contribution in [1.29, 1.82) is 0 Å². The molecule has 2 aromatic carbocycles. The first-order valence-corrected chi connectivity index (χ1v) is 11.3. The molecule has 0 saturated carbocycles. The smallest absolute Gasteiger partial charge is 0.379 e. The summed E-state index contributed by atoms with van der Waals surface area (Å²) in [4.78, 5) is 13.0. The van der Waals surface area contributed by atoms with E-state index in [-0.39, 0.29) is 4.08 Å². The maximum absolute atomic E-state index is 13.0. The zero-order chi connectivity index (χ0) is 18.4. The summed E-state index contributed by atoms with van der Waals surface area (Å²) < 4.78 is 11.9. The van der Waals surface area contributed by atoms with Gasteiger partial charge in [-0.1, -0.05) is 36.4 Å².